The van der Waals surface area contributed by atoms with Gasteiger partial charge in [-0.25, -0.2) is 0 Å². The maximum atomic E-state index is 12.4. The maximum Gasteiger partial charge on any atom is 0.260 e. The molecule has 4 rings (SSSR count). The third kappa shape index (κ3) is 4.15. The van der Waals surface area contributed by atoms with E-state index in [4.69, 9.17) is 9.47 Å². The van der Waals surface area contributed by atoms with Crippen LogP contribution in [-0.4, -0.2) is 43.5 Å². The minimum Gasteiger partial charge on any atom is -0.493 e. The monoisotopic (exact) mass is 456 g/mol. The Hall–Kier alpha value is -2.80. The van der Waals surface area contributed by atoms with Crippen LogP contribution in [0.5, 0.6) is 11.5 Å². The maximum absolute atomic E-state index is 12.4. The molecular weight excluding hydrogens is 436 g/mol. The van der Waals surface area contributed by atoms with E-state index >= 15 is 0 Å². The van der Waals surface area contributed by atoms with E-state index in [9.17, 15) is 9.59 Å². The molecule has 2 aromatic carbocycles. The highest BCUT2D eigenvalue weighted by molar-refractivity contribution is 9.10. The number of anilines is 1. The van der Waals surface area contributed by atoms with Crippen LogP contribution < -0.4 is 14.8 Å². The molecule has 2 heterocycles. The Labute approximate surface area is 177 Å². The molecule has 0 unspecified atom stereocenters. The molecule has 0 bridgehead atoms. The first-order valence-electron chi connectivity index (χ1n) is 9.47. The van der Waals surface area contributed by atoms with Crippen molar-refractivity contribution in [3.63, 3.8) is 0 Å². The molecule has 0 saturated carbocycles. The molecule has 0 aromatic heterocycles. The molecule has 2 amide bonds. The molecule has 0 spiro atoms. The summed E-state index contributed by atoms with van der Waals surface area (Å²) in [5.74, 6) is 0.858. The predicted molar refractivity (Wildman–Crippen MR) is 115 cm³/mol. The van der Waals surface area contributed by atoms with Gasteiger partial charge in [0.25, 0.3) is 11.8 Å². The highest BCUT2D eigenvalue weighted by Crippen LogP contribution is 2.36. The molecule has 2 aromatic rings. The molecule has 1 N–H and O–H groups in total. The topological polar surface area (TPSA) is 67.9 Å². The second kappa shape index (κ2) is 8.29. The van der Waals surface area contributed by atoms with Crippen molar-refractivity contribution in [2.24, 2.45) is 0 Å². The summed E-state index contributed by atoms with van der Waals surface area (Å²) in [6.07, 6.45) is 3.91. The van der Waals surface area contributed by atoms with Crippen LogP contribution >= 0.6 is 15.9 Å². The van der Waals surface area contributed by atoms with Gasteiger partial charge in [-0.05, 0) is 54.8 Å². The number of carbonyl (C=O) groups excluding carboxylic acids is 2. The fourth-order valence-electron chi connectivity index (χ4n) is 3.56. The number of carbonyl (C=O) groups is 2. The SMILES string of the molecule is COc1cc(/C=C2\C(=O)Nc3ccc(Br)cc32)ccc1OCC(=O)N1CCCC1. The smallest absolute Gasteiger partial charge is 0.260 e. The summed E-state index contributed by atoms with van der Waals surface area (Å²) >= 11 is 3.45. The summed E-state index contributed by atoms with van der Waals surface area (Å²) in [5, 5.41) is 2.87. The first-order chi connectivity index (χ1) is 14.0. The molecule has 1 saturated heterocycles. The van der Waals surface area contributed by atoms with Crippen molar-refractivity contribution in [2.75, 3.05) is 32.1 Å². The van der Waals surface area contributed by atoms with Gasteiger partial charge in [0.1, 0.15) is 0 Å². The third-order valence-corrected chi connectivity index (χ3v) is 5.57. The predicted octanol–water partition coefficient (Wildman–Crippen LogP) is 3.95. The van der Waals surface area contributed by atoms with Gasteiger partial charge >= 0.3 is 0 Å². The zero-order valence-corrected chi connectivity index (χ0v) is 17.6. The number of hydrogen-bond acceptors (Lipinski definition) is 4. The van der Waals surface area contributed by atoms with Crippen LogP contribution in [0.25, 0.3) is 11.6 Å². The Balaban J connectivity index is 1.54. The summed E-state index contributed by atoms with van der Waals surface area (Å²) in [5.41, 5.74) is 3.02. The van der Waals surface area contributed by atoms with Crippen LogP contribution in [0.1, 0.15) is 24.0 Å². The van der Waals surface area contributed by atoms with Gasteiger partial charge in [-0.3, -0.25) is 9.59 Å². The zero-order chi connectivity index (χ0) is 20.4. The number of nitrogens with one attached hydrogen (secondary N) is 1. The number of hydrogen-bond donors (Lipinski definition) is 1. The summed E-state index contributed by atoms with van der Waals surface area (Å²) in [4.78, 5) is 26.4. The van der Waals surface area contributed by atoms with E-state index in [1.807, 2.05) is 35.2 Å². The molecule has 0 aliphatic carbocycles. The van der Waals surface area contributed by atoms with Gasteiger partial charge < -0.3 is 19.7 Å². The summed E-state index contributed by atoms with van der Waals surface area (Å²) in [6.45, 7) is 1.58. The van der Waals surface area contributed by atoms with Crippen LogP contribution in [-0.2, 0) is 9.59 Å². The lowest BCUT2D eigenvalue weighted by Crippen LogP contribution is -2.32. The Morgan fingerprint density at radius 3 is 2.72 bits per heavy atom. The Morgan fingerprint density at radius 1 is 1.17 bits per heavy atom. The van der Waals surface area contributed by atoms with Gasteiger partial charge in [-0.15, -0.1) is 0 Å². The van der Waals surface area contributed by atoms with Crippen molar-refractivity contribution in [1.82, 2.24) is 4.90 Å². The number of ether oxygens (including phenoxy) is 2. The quantitative estimate of drug-likeness (QED) is 0.691. The Bertz CT molecular complexity index is 996. The second-order valence-electron chi connectivity index (χ2n) is 6.99. The number of likely N-dealkylation sites (tertiary alicyclic amines) is 1. The largest absolute Gasteiger partial charge is 0.493 e. The Morgan fingerprint density at radius 2 is 1.97 bits per heavy atom. The third-order valence-electron chi connectivity index (χ3n) is 5.07. The first-order valence-corrected chi connectivity index (χ1v) is 10.3. The summed E-state index contributed by atoms with van der Waals surface area (Å²) < 4.78 is 12.0. The molecule has 0 atom stereocenters. The molecule has 2 aliphatic rings. The summed E-state index contributed by atoms with van der Waals surface area (Å²) in [7, 11) is 1.55. The lowest BCUT2D eigenvalue weighted by Gasteiger charge is -2.16. The highest BCUT2D eigenvalue weighted by atomic mass is 79.9. The number of methoxy groups -OCH3 is 1. The number of benzene rings is 2. The second-order valence-corrected chi connectivity index (χ2v) is 7.90. The number of amides is 2. The average molecular weight is 457 g/mol. The van der Waals surface area contributed by atoms with Crippen molar-refractivity contribution in [3.05, 3.63) is 52.0 Å². The molecular formula is C22H21BrN2O4. The van der Waals surface area contributed by atoms with E-state index < -0.39 is 0 Å². The molecule has 150 valence electrons. The molecule has 6 nitrogen and oxygen atoms in total. The van der Waals surface area contributed by atoms with E-state index in [2.05, 4.69) is 21.2 Å². The van der Waals surface area contributed by atoms with E-state index in [-0.39, 0.29) is 18.4 Å². The van der Waals surface area contributed by atoms with E-state index in [0.717, 1.165) is 47.2 Å². The minimum absolute atomic E-state index is 0.0133. The minimum atomic E-state index is -0.145. The molecule has 1 fully saturated rings. The fraction of sp³-hybridized carbons (Fsp3) is 0.273. The van der Waals surface area contributed by atoms with Gasteiger partial charge in [0.15, 0.2) is 18.1 Å². The number of nitrogens with zero attached hydrogens (tertiary/aromatic N) is 1. The summed E-state index contributed by atoms with van der Waals surface area (Å²) in [6, 6.07) is 11.1. The number of halogens is 1. The zero-order valence-electron chi connectivity index (χ0n) is 16.0. The lowest BCUT2D eigenvalue weighted by molar-refractivity contribution is -0.132. The van der Waals surface area contributed by atoms with Gasteiger partial charge in [-0.2, -0.15) is 0 Å². The van der Waals surface area contributed by atoms with Crippen molar-refractivity contribution in [1.29, 1.82) is 0 Å². The van der Waals surface area contributed by atoms with Crippen LogP contribution in [0.3, 0.4) is 0 Å². The first kappa shape index (κ1) is 19.5. The highest BCUT2D eigenvalue weighted by Gasteiger charge is 2.24. The van der Waals surface area contributed by atoms with Crippen LogP contribution in [0, 0.1) is 0 Å². The number of rotatable bonds is 5. The number of fused-ring (bicyclic) bond motifs is 1. The van der Waals surface area contributed by atoms with Crippen molar-refractivity contribution in [3.8, 4) is 11.5 Å². The molecule has 0 radical (unpaired) electrons. The normalized spacial score (nSPS) is 16.7. The van der Waals surface area contributed by atoms with Gasteiger partial charge in [0, 0.05) is 34.4 Å². The van der Waals surface area contributed by atoms with Crippen molar-refractivity contribution >= 4 is 45.1 Å². The fourth-order valence-corrected chi connectivity index (χ4v) is 3.92. The Kier molecular flexibility index (Phi) is 5.58. The van der Waals surface area contributed by atoms with Crippen LogP contribution in [0.15, 0.2) is 40.9 Å². The molecule has 7 heteroatoms. The van der Waals surface area contributed by atoms with E-state index in [1.54, 1.807) is 19.2 Å². The van der Waals surface area contributed by atoms with Crippen molar-refractivity contribution in [2.45, 2.75) is 12.8 Å². The van der Waals surface area contributed by atoms with Gasteiger partial charge in [0.05, 0.1) is 7.11 Å². The van der Waals surface area contributed by atoms with Crippen molar-refractivity contribution < 1.29 is 19.1 Å². The van der Waals surface area contributed by atoms with Crippen LogP contribution in [0.4, 0.5) is 5.69 Å². The van der Waals surface area contributed by atoms with Crippen LogP contribution in [0.2, 0.25) is 0 Å². The van der Waals surface area contributed by atoms with E-state index in [0.29, 0.717) is 17.1 Å². The lowest BCUT2D eigenvalue weighted by atomic mass is 10.0. The molecule has 29 heavy (non-hydrogen) atoms. The van der Waals surface area contributed by atoms with Gasteiger partial charge in [-0.1, -0.05) is 22.0 Å². The van der Waals surface area contributed by atoms with E-state index in [1.165, 1.54) is 0 Å². The average Bonchev–Trinajstić information content (AvgIpc) is 3.36. The molecule has 2 aliphatic heterocycles. The standard InChI is InChI=1S/C22H21BrN2O4/c1-28-20-11-14(4-7-19(20)29-13-21(26)25-8-2-3-9-25)10-17-16-12-15(23)5-6-18(16)24-22(17)27/h4-7,10-12H,2-3,8-9,13H2,1H3,(H,24,27)/b17-10-. The van der Waals surface area contributed by atoms with Gasteiger partial charge in [0.2, 0.25) is 0 Å².